The molecule has 2 heterocycles. The van der Waals surface area contributed by atoms with Gasteiger partial charge >= 0.3 is 0 Å². The molecule has 1 amide bonds. The summed E-state index contributed by atoms with van der Waals surface area (Å²) in [6.07, 6.45) is 1.57. The highest BCUT2D eigenvalue weighted by molar-refractivity contribution is 5.99. The first-order valence-corrected chi connectivity index (χ1v) is 8.46. The van der Waals surface area contributed by atoms with E-state index >= 15 is 0 Å². The summed E-state index contributed by atoms with van der Waals surface area (Å²) in [4.78, 5) is 12.5. The van der Waals surface area contributed by atoms with E-state index in [1.54, 1.807) is 30.5 Å². The molecule has 2 aromatic carbocycles. The van der Waals surface area contributed by atoms with Crippen LogP contribution in [0, 0.1) is 0 Å². The monoisotopic (exact) mass is 359 g/mol. The Morgan fingerprint density at radius 1 is 1.00 bits per heavy atom. The number of para-hydroxylation sites is 1. The van der Waals surface area contributed by atoms with Gasteiger partial charge in [-0.15, -0.1) is 0 Å². The van der Waals surface area contributed by atoms with E-state index in [1.807, 2.05) is 48.5 Å². The van der Waals surface area contributed by atoms with Crippen LogP contribution in [0.4, 0.5) is 5.69 Å². The van der Waals surface area contributed by atoms with Crippen LogP contribution in [0.15, 0.2) is 83.5 Å². The van der Waals surface area contributed by atoms with Crippen LogP contribution < -0.4 is 10.1 Å². The largest absolute Gasteiger partial charge is 0.484 e. The smallest absolute Gasteiger partial charge is 0.262 e. The number of H-pyrrole nitrogens is 1. The van der Waals surface area contributed by atoms with Gasteiger partial charge < -0.3 is 14.5 Å². The highest BCUT2D eigenvalue weighted by Crippen LogP contribution is 2.35. The Morgan fingerprint density at radius 3 is 2.44 bits per heavy atom. The fourth-order valence-electron chi connectivity index (χ4n) is 2.71. The van der Waals surface area contributed by atoms with Gasteiger partial charge in [0.2, 0.25) is 0 Å². The van der Waals surface area contributed by atoms with Gasteiger partial charge in [0, 0.05) is 5.56 Å². The molecule has 134 valence electrons. The van der Waals surface area contributed by atoms with Crippen LogP contribution in [0.25, 0.3) is 22.7 Å². The number of rotatable bonds is 6. The summed E-state index contributed by atoms with van der Waals surface area (Å²) in [6.45, 7) is -0.110. The van der Waals surface area contributed by atoms with E-state index < -0.39 is 0 Å². The summed E-state index contributed by atoms with van der Waals surface area (Å²) in [5.74, 6) is 0.934. The van der Waals surface area contributed by atoms with E-state index in [4.69, 9.17) is 9.15 Å². The molecule has 0 spiro atoms. The van der Waals surface area contributed by atoms with Gasteiger partial charge in [-0.1, -0.05) is 48.5 Å². The van der Waals surface area contributed by atoms with E-state index in [0.29, 0.717) is 28.6 Å². The number of hydrogen-bond acceptors (Lipinski definition) is 4. The van der Waals surface area contributed by atoms with E-state index in [1.165, 1.54) is 0 Å². The molecule has 0 bridgehead atoms. The average molecular weight is 359 g/mol. The lowest BCUT2D eigenvalue weighted by Crippen LogP contribution is -2.20. The van der Waals surface area contributed by atoms with Crippen molar-refractivity contribution in [3.05, 3.63) is 79.1 Å². The highest BCUT2D eigenvalue weighted by atomic mass is 16.5. The quantitative estimate of drug-likeness (QED) is 0.536. The normalized spacial score (nSPS) is 10.5. The molecular weight excluding hydrogens is 342 g/mol. The fourth-order valence-corrected chi connectivity index (χ4v) is 2.71. The molecule has 6 heteroatoms. The van der Waals surface area contributed by atoms with Crippen LogP contribution >= 0.6 is 0 Å². The van der Waals surface area contributed by atoms with E-state index in [0.717, 1.165) is 5.56 Å². The molecule has 6 nitrogen and oxygen atoms in total. The van der Waals surface area contributed by atoms with Gasteiger partial charge in [0.15, 0.2) is 12.4 Å². The number of carbonyl (C=O) groups excluding carboxylic acids is 1. The Bertz CT molecular complexity index is 1010. The minimum absolute atomic E-state index is 0.110. The predicted octanol–water partition coefficient (Wildman–Crippen LogP) is 4.35. The zero-order valence-corrected chi connectivity index (χ0v) is 14.4. The van der Waals surface area contributed by atoms with Gasteiger partial charge in [-0.2, -0.15) is 5.10 Å². The molecule has 4 aromatic rings. The first kappa shape index (κ1) is 16.7. The topological polar surface area (TPSA) is 80.1 Å². The van der Waals surface area contributed by atoms with Crippen molar-refractivity contribution in [2.24, 2.45) is 0 Å². The minimum Gasteiger partial charge on any atom is -0.484 e. The van der Waals surface area contributed by atoms with Crippen LogP contribution in [-0.4, -0.2) is 22.7 Å². The first-order valence-electron chi connectivity index (χ1n) is 8.46. The SMILES string of the molecule is O=C(COc1ccccc1)Nc1c(-c2ccccc2)n[nH]c1-c1ccco1. The lowest BCUT2D eigenvalue weighted by atomic mass is 10.1. The molecule has 2 aromatic heterocycles. The number of nitrogens with zero attached hydrogens (tertiary/aromatic N) is 1. The third-order valence-electron chi connectivity index (χ3n) is 3.96. The maximum atomic E-state index is 12.5. The van der Waals surface area contributed by atoms with Gasteiger partial charge in [-0.05, 0) is 24.3 Å². The lowest BCUT2D eigenvalue weighted by Gasteiger charge is -2.09. The van der Waals surface area contributed by atoms with E-state index in [-0.39, 0.29) is 12.5 Å². The predicted molar refractivity (Wildman–Crippen MR) is 102 cm³/mol. The zero-order valence-electron chi connectivity index (χ0n) is 14.4. The molecule has 0 saturated carbocycles. The van der Waals surface area contributed by atoms with Crippen LogP contribution in [0.5, 0.6) is 5.75 Å². The number of nitrogens with one attached hydrogen (secondary N) is 2. The fraction of sp³-hybridized carbons (Fsp3) is 0.0476. The molecular formula is C21H17N3O3. The third kappa shape index (κ3) is 3.74. The second-order valence-corrected chi connectivity index (χ2v) is 5.82. The van der Waals surface area contributed by atoms with Crippen molar-refractivity contribution < 1.29 is 13.9 Å². The van der Waals surface area contributed by atoms with Gasteiger partial charge in [-0.3, -0.25) is 9.89 Å². The van der Waals surface area contributed by atoms with Gasteiger partial charge in [-0.25, -0.2) is 0 Å². The molecule has 0 saturated heterocycles. The maximum absolute atomic E-state index is 12.5. The molecule has 0 aliphatic heterocycles. The second-order valence-electron chi connectivity index (χ2n) is 5.82. The summed E-state index contributed by atoms with van der Waals surface area (Å²) < 4.78 is 11.0. The summed E-state index contributed by atoms with van der Waals surface area (Å²) in [7, 11) is 0. The Hall–Kier alpha value is -3.80. The van der Waals surface area contributed by atoms with Gasteiger partial charge in [0.05, 0.1) is 12.0 Å². The molecule has 0 fully saturated rings. The average Bonchev–Trinajstić information content (AvgIpc) is 3.38. The summed E-state index contributed by atoms with van der Waals surface area (Å²) in [6, 6.07) is 22.4. The Balaban J connectivity index is 1.60. The van der Waals surface area contributed by atoms with E-state index in [9.17, 15) is 4.79 Å². The number of benzene rings is 2. The summed E-state index contributed by atoms with van der Waals surface area (Å²) in [5.41, 5.74) is 2.67. The highest BCUT2D eigenvalue weighted by Gasteiger charge is 2.20. The van der Waals surface area contributed by atoms with Crippen molar-refractivity contribution in [1.29, 1.82) is 0 Å². The number of aromatic nitrogens is 2. The minimum atomic E-state index is -0.287. The van der Waals surface area contributed by atoms with Crippen LogP contribution in [0.2, 0.25) is 0 Å². The molecule has 4 rings (SSSR count). The van der Waals surface area contributed by atoms with Crippen molar-refractivity contribution in [2.45, 2.75) is 0 Å². The number of aromatic amines is 1. The number of hydrogen-bond donors (Lipinski definition) is 2. The summed E-state index contributed by atoms with van der Waals surface area (Å²) >= 11 is 0. The van der Waals surface area contributed by atoms with Crippen molar-refractivity contribution in [1.82, 2.24) is 10.2 Å². The van der Waals surface area contributed by atoms with Gasteiger partial charge in [0.25, 0.3) is 5.91 Å². The second kappa shape index (κ2) is 7.61. The summed E-state index contributed by atoms with van der Waals surface area (Å²) in [5, 5.41) is 10.2. The molecule has 0 aliphatic rings. The lowest BCUT2D eigenvalue weighted by molar-refractivity contribution is -0.118. The van der Waals surface area contributed by atoms with Crippen molar-refractivity contribution in [3.8, 4) is 28.5 Å². The number of anilines is 1. The number of amides is 1. The van der Waals surface area contributed by atoms with Crippen molar-refractivity contribution in [2.75, 3.05) is 11.9 Å². The Morgan fingerprint density at radius 2 is 1.74 bits per heavy atom. The zero-order chi connectivity index (χ0) is 18.5. The van der Waals surface area contributed by atoms with Gasteiger partial charge in [0.1, 0.15) is 17.1 Å². The Labute approximate surface area is 155 Å². The maximum Gasteiger partial charge on any atom is 0.262 e. The Kier molecular flexibility index (Phi) is 4.70. The molecule has 0 unspecified atom stereocenters. The molecule has 0 atom stereocenters. The van der Waals surface area contributed by atoms with Crippen molar-refractivity contribution in [3.63, 3.8) is 0 Å². The van der Waals surface area contributed by atoms with Crippen LogP contribution in [0.3, 0.4) is 0 Å². The van der Waals surface area contributed by atoms with Crippen LogP contribution in [0.1, 0.15) is 0 Å². The standard InChI is InChI=1S/C21H17N3O3/c25-18(14-27-16-10-5-2-6-11-16)22-21-19(15-8-3-1-4-9-15)23-24-20(21)17-12-7-13-26-17/h1-13H,14H2,(H,22,25)(H,23,24). The van der Waals surface area contributed by atoms with E-state index in [2.05, 4.69) is 15.5 Å². The third-order valence-corrected chi connectivity index (χ3v) is 3.96. The molecule has 27 heavy (non-hydrogen) atoms. The first-order chi connectivity index (χ1) is 13.3. The number of ether oxygens (including phenoxy) is 1. The van der Waals surface area contributed by atoms with Crippen LogP contribution in [-0.2, 0) is 4.79 Å². The molecule has 0 aliphatic carbocycles. The molecule has 2 N–H and O–H groups in total. The molecule has 0 radical (unpaired) electrons. The van der Waals surface area contributed by atoms with Crippen molar-refractivity contribution >= 4 is 11.6 Å². The number of furan rings is 1. The number of carbonyl (C=O) groups is 1.